The maximum absolute atomic E-state index is 12.5. The molecule has 3 fully saturated rings. The van der Waals surface area contributed by atoms with Crippen LogP contribution in [0.25, 0.3) is 11.3 Å². The lowest BCUT2D eigenvalue weighted by molar-refractivity contribution is -0.132. The normalized spacial score (nSPS) is 22.2. The number of anilines is 1. The molecule has 3 heterocycles. The van der Waals surface area contributed by atoms with Gasteiger partial charge in [0.2, 0.25) is 11.9 Å². The standard InChI is InChI=1S/C26H36N6O/c27-24(33)26(32-15-5-2-6-16-32)13-17-31(18-14-26)25-29-23(19-28-30-25)22-11-9-21(10-12-22)20-7-3-1-4-8-20/h9-12,19-20H,1-8,13-18H2,(H2,27,33). The van der Waals surface area contributed by atoms with Gasteiger partial charge in [0, 0.05) is 18.7 Å². The monoisotopic (exact) mass is 448 g/mol. The zero-order chi connectivity index (χ0) is 22.7. The molecule has 0 bridgehead atoms. The van der Waals surface area contributed by atoms with E-state index in [4.69, 9.17) is 10.7 Å². The molecule has 2 saturated heterocycles. The second-order valence-corrected chi connectivity index (χ2v) is 10.0. The maximum Gasteiger partial charge on any atom is 0.245 e. The molecule has 7 heteroatoms. The summed E-state index contributed by atoms with van der Waals surface area (Å²) < 4.78 is 0. The van der Waals surface area contributed by atoms with Crippen molar-refractivity contribution >= 4 is 11.9 Å². The van der Waals surface area contributed by atoms with Gasteiger partial charge in [0.15, 0.2) is 0 Å². The number of piperidine rings is 2. The van der Waals surface area contributed by atoms with Gasteiger partial charge in [0.25, 0.3) is 0 Å². The minimum atomic E-state index is -0.531. The number of likely N-dealkylation sites (tertiary alicyclic amines) is 1. The van der Waals surface area contributed by atoms with E-state index in [1.807, 2.05) is 0 Å². The number of amides is 1. The second kappa shape index (κ2) is 9.75. The van der Waals surface area contributed by atoms with Crippen LogP contribution < -0.4 is 10.6 Å². The minimum absolute atomic E-state index is 0.185. The summed E-state index contributed by atoms with van der Waals surface area (Å²) in [5.41, 5.74) is 8.77. The summed E-state index contributed by atoms with van der Waals surface area (Å²) in [5, 5.41) is 8.57. The Hall–Kier alpha value is -2.54. The lowest BCUT2D eigenvalue weighted by atomic mass is 9.83. The molecule has 176 valence electrons. The summed E-state index contributed by atoms with van der Waals surface area (Å²) in [6.45, 7) is 3.36. The minimum Gasteiger partial charge on any atom is -0.368 e. The lowest BCUT2D eigenvalue weighted by Gasteiger charge is -2.48. The Morgan fingerprint density at radius 2 is 1.58 bits per heavy atom. The van der Waals surface area contributed by atoms with Crippen molar-refractivity contribution in [3.05, 3.63) is 36.0 Å². The van der Waals surface area contributed by atoms with E-state index in [1.165, 1.54) is 44.1 Å². The molecule has 33 heavy (non-hydrogen) atoms. The third-order valence-electron chi connectivity index (χ3n) is 8.12. The van der Waals surface area contributed by atoms with Crippen LogP contribution in [0.15, 0.2) is 30.5 Å². The Labute approximate surface area is 196 Å². The highest BCUT2D eigenvalue weighted by Crippen LogP contribution is 2.34. The number of nitrogens with two attached hydrogens (primary N) is 1. The van der Waals surface area contributed by atoms with Crippen molar-refractivity contribution < 1.29 is 4.79 Å². The number of carbonyl (C=O) groups is 1. The highest BCUT2D eigenvalue weighted by Gasteiger charge is 2.45. The molecular formula is C26H36N6O. The first kappa shape index (κ1) is 22.3. The first-order valence-electron chi connectivity index (χ1n) is 12.8. The average molecular weight is 449 g/mol. The van der Waals surface area contributed by atoms with Crippen LogP contribution in [0.3, 0.4) is 0 Å². The van der Waals surface area contributed by atoms with Gasteiger partial charge in [-0.25, -0.2) is 4.98 Å². The molecule has 1 saturated carbocycles. The van der Waals surface area contributed by atoms with Crippen LogP contribution in [0.1, 0.15) is 75.7 Å². The van der Waals surface area contributed by atoms with E-state index >= 15 is 0 Å². The lowest BCUT2D eigenvalue weighted by Crippen LogP contribution is -2.63. The molecule has 2 aliphatic heterocycles. The summed E-state index contributed by atoms with van der Waals surface area (Å²) in [5.74, 6) is 1.15. The van der Waals surface area contributed by atoms with Gasteiger partial charge < -0.3 is 10.6 Å². The molecule has 1 aromatic carbocycles. The molecule has 0 spiro atoms. The van der Waals surface area contributed by atoms with Gasteiger partial charge in [-0.05, 0) is 63.1 Å². The van der Waals surface area contributed by atoms with Crippen LogP contribution in [0.5, 0.6) is 0 Å². The number of nitrogens with zero attached hydrogens (tertiary/aromatic N) is 5. The van der Waals surface area contributed by atoms with Gasteiger partial charge in [-0.1, -0.05) is 49.9 Å². The summed E-state index contributed by atoms with van der Waals surface area (Å²) in [7, 11) is 0. The van der Waals surface area contributed by atoms with E-state index in [-0.39, 0.29) is 5.91 Å². The maximum atomic E-state index is 12.5. The fourth-order valence-corrected chi connectivity index (χ4v) is 6.05. The fraction of sp³-hybridized carbons (Fsp3) is 0.615. The third kappa shape index (κ3) is 4.60. The van der Waals surface area contributed by atoms with Crippen molar-refractivity contribution in [3.63, 3.8) is 0 Å². The Bertz CT molecular complexity index is 942. The van der Waals surface area contributed by atoms with Crippen LogP contribution in [-0.4, -0.2) is 57.7 Å². The Balaban J connectivity index is 1.28. The Morgan fingerprint density at radius 3 is 2.24 bits per heavy atom. The zero-order valence-electron chi connectivity index (χ0n) is 19.6. The van der Waals surface area contributed by atoms with Gasteiger partial charge in [0.05, 0.1) is 11.9 Å². The number of hydrogen-bond donors (Lipinski definition) is 1. The van der Waals surface area contributed by atoms with Gasteiger partial charge in [-0.3, -0.25) is 9.69 Å². The number of primary amides is 1. The fourth-order valence-electron chi connectivity index (χ4n) is 6.05. The summed E-state index contributed by atoms with van der Waals surface area (Å²) in [6.07, 6.45) is 13.4. The van der Waals surface area contributed by atoms with Crippen molar-refractivity contribution in [2.75, 3.05) is 31.1 Å². The van der Waals surface area contributed by atoms with E-state index in [1.54, 1.807) is 6.20 Å². The molecule has 0 radical (unpaired) electrons. The largest absolute Gasteiger partial charge is 0.368 e. The highest BCUT2D eigenvalue weighted by atomic mass is 16.1. The highest BCUT2D eigenvalue weighted by molar-refractivity contribution is 5.85. The van der Waals surface area contributed by atoms with Crippen molar-refractivity contribution in [2.24, 2.45) is 5.73 Å². The Kier molecular flexibility index (Phi) is 6.58. The number of aromatic nitrogens is 3. The smallest absolute Gasteiger partial charge is 0.245 e. The number of carbonyl (C=O) groups excluding carboxylic acids is 1. The molecule has 1 amide bonds. The van der Waals surface area contributed by atoms with Crippen molar-refractivity contribution in [2.45, 2.75) is 75.7 Å². The van der Waals surface area contributed by atoms with Gasteiger partial charge in [0.1, 0.15) is 5.54 Å². The SMILES string of the molecule is NC(=O)C1(N2CCCCC2)CCN(c2nncc(-c3ccc(C4CCCCC4)cc3)n2)CC1. The van der Waals surface area contributed by atoms with Crippen LogP contribution in [0.4, 0.5) is 5.95 Å². The first-order valence-corrected chi connectivity index (χ1v) is 12.8. The molecule has 2 aromatic rings. The molecule has 5 rings (SSSR count). The molecule has 1 aromatic heterocycles. The average Bonchev–Trinajstić information content (AvgIpc) is 2.90. The van der Waals surface area contributed by atoms with Crippen LogP contribution in [0.2, 0.25) is 0 Å². The van der Waals surface area contributed by atoms with Crippen LogP contribution in [0, 0.1) is 0 Å². The predicted molar refractivity (Wildman–Crippen MR) is 130 cm³/mol. The summed E-state index contributed by atoms with van der Waals surface area (Å²) >= 11 is 0. The quantitative estimate of drug-likeness (QED) is 0.746. The predicted octanol–water partition coefficient (Wildman–Crippen LogP) is 3.90. The van der Waals surface area contributed by atoms with E-state index in [0.717, 1.165) is 37.2 Å². The van der Waals surface area contributed by atoms with Crippen molar-refractivity contribution in [1.82, 2.24) is 20.1 Å². The molecule has 1 aliphatic carbocycles. The topological polar surface area (TPSA) is 88.2 Å². The van der Waals surface area contributed by atoms with Gasteiger partial charge in [-0.2, -0.15) is 5.10 Å². The molecule has 7 nitrogen and oxygen atoms in total. The van der Waals surface area contributed by atoms with E-state index in [2.05, 4.69) is 44.3 Å². The van der Waals surface area contributed by atoms with Crippen LogP contribution in [-0.2, 0) is 4.79 Å². The summed E-state index contributed by atoms with van der Waals surface area (Å²) in [4.78, 5) is 21.8. The third-order valence-corrected chi connectivity index (χ3v) is 8.12. The van der Waals surface area contributed by atoms with E-state index < -0.39 is 5.54 Å². The number of hydrogen-bond acceptors (Lipinski definition) is 6. The Morgan fingerprint density at radius 1 is 0.909 bits per heavy atom. The van der Waals surface area contributed by atoms with Crippen molar-refractivity contribution in [3.8, 4) is 11.3 Å². The van der Waals surface area contributed by atoms with E-state index in [9.17, 15) is 4.79 Å². The van der Waals surface area contributed by atoms with Gasteiger partial charge >= 0.3 is 0 Å². The van der Waals surface area contributed by atoms with E-state index in [0.29, 0.717) is 37.8 Å². The van der Waals surface area contributed by atoms with Gasteiger partial charge in [-0.15, -0.1) is 5.10 Å². The molecule has 3 aliphatic rings. The second-order valence-electron chi connectivity index (χ2n) is 10.0. The van der Waals surface area contributed by atoms with Crippen molar-refractivity contribution in [1.29, 1.82) is 0 Å². The first-order chi connectivity index (χ1) is 16.2. The van der Waals surface area contributed by atoms with Crippen LogP contribution >= 0.6 is 0 Å². The zero-order valence-corrected chi connectivity index (χ0v) is 19.6. The summed E-state index contributed by atoms with van der Waals surface area (Å²) in [6, 6.07) is 8.85. The number of rotatable bonds is 5. The molecule has 0 atom stereocenters. The molecular weight excluding hydrogens is 412 g/mol. The number of benzene rings is 1. The molecule has 2 N–H and O–H groups in total. The molecule has 0 unspecified atom stereocenters.